The van der Waals surface area contributed by atoms with Crippen LogP contribution in [0, 0.1) is 6.92 Å². The predicted molar refractivity (Wildman–Crippen MR) is 87.7 cm³/mol. The van der Waals surface area contributed by atoms with Crippen LogP contribution in [0.5, 0.6) is 0 Å². The molecule has 0 saturated carbocycles. The molecule has 0 bridgehead atoms. The van der Waals surface area contributed by atoms with Crippen molar-refractivity contribution < 1.29 is 13.2 Å². The highest BCUT2D eigenvalue weighted by molar-refractivity contribution is 5.32. The van der Waals surface area contributed by atoms with Gasteiger partial charge in [0, 0.05) is 6.54 Å². The first-order valence-electron chi connectivity index (χ1n) is 7.75. The van der Waals surface area contributed by atoms with E-state index in [0.717, 1.165) is 23.3 Å². The monoisotopic (exact) mass is 346 g/mol. The average Bonchev–Trinajstić information content (AvgIpc) is 3.10. The van der Waals surface area contributed by atoms with Gasteiger partial charge in [-0.2, -0.15) is 18.3 Å². The number of hydrogen-bond donors (Lipinski definition) is 2. The molecule has 0 aliphatic rings. The third-order valence-corrected chi connectivity index (χ3v) is 4.01. The Morgan fingerprint density at radius 1 is 1.12 bits per heavy atom. The summed E-state index contributed by atoms with van der Waals surface area (Å²) < 4.78 is 39.1. The Morgan fingerprint density at radius 3 is 2.60 bits per heavy atom. The minimum atomic E-state index is -4.39. The second-order valence-electron chi connectivity index (χ2n) is 5.73. The summed E-state index contributed by atoms with van der Waals surface area (Å²) in [5, 5.41) is 9.83. The minimum absolute atomic E-state index is 0.466. The highest BCUT2D eigenvalue weighted by Gasteiger charge is 2.31. The molecule has 0 aliphatic carbocycles. The van der Waals surface area contributed by atoms with Crippen molar-refractivity contribution in [2.24, 2.45) is 0 Å². The maximum Gasteiger partial charge on any atom is 0.416 e. The van der Waals surface area contributed by atoms with Gasteiger partial charge in [-0.15, -0.1) is 0 Å². The van der Waals surface area contributed by atoms with Gasteiger partial charge in [-0.05, 0) is 35.7 Å². The maximum absolute atomic E-state index is 13.0. The Labute approximate surface area is 143 Å². The van der Waals surface area contributed by atoms with E-state index in [1.165, 1.54) is 12.4 Å². The van der Waals surface area contributed by atoms with Gasteiger partial charge in [0.25, 0.3) is 0 Å². The second-order valence-corrected chi connectivity index (χ2v) is 5.73. The standard InChI is InChI=1S/C18H17F3N4/c1-12-5-2-3-6-14(12)10-22-16(17-23-11-24-25-17)13-7-4-8-15(9-13)18(19,20)21/h2-9,11,16,22H,10H2,1H3,(H,23,24,25). The van der Waals surface area contributed by atoms with E-state index in [1.807, 2.05) is 31.2 Å². The van der Waals surface area contributed by atoms with Crippen molar-refractivity contribution in [2.45, 2.75) is 25.7 Å². The number of aromatic amines is 1. The summed E-state index contributed by atoms with van der Waals surface area (Å²) >= 11 is 0. The summed E-state index contributed by atoms with van der Waals surface area (Å²) in [5.74, 6) is 0.466. The zero-order chi connectivity index (χ0) is 17.9. The van der Waals surface area contributed by atoms with E-state index < -0.39 is 17.8 Å². The lowest BCUT2D eigenvalue weighted by Crippen LogP contribution is -2.24. The van der Waals surface area contributed by atoms with E-state index in [0.29, 0.717) is 17.9 Å². The van der Waals surface area contributed by atoms with Crippen LogP contribution in [0.4, 0.5) is 13.2 Å². The molecule has 0 spiro atoms. The summed E-state index contributed by atoms with van der Waals surface area (Å²) in [4.78, 5) is 4.11. The molecule has 7 heteroatoms. The van der Waals surface area contributed by atoms with Crippen LogP contribution in [0.15, 0.2) is 54.9 Å². The Hall–Kier alpha value is -2.67. The third kappa shape index (κ3) is 4.06. The number of nitrogens with zero attached hydrogens (tertiary/aromatic N) is 2. The minimum Gasteiger partial charge on any atom is -0.300 e. The number of H-pyrrole nitrogens is 1. The Kier molecular flexibility index (Phi) is 4.85. The molecule has 0 fully saturated rings. The zero-order valence-corrected chi connectivity index (χ0v) is 13.5. The van der Waals surface area contributed by atoms with Crippen molar-refractivity contribution in [1.82, 2.24) is 20.5 Å². The van der Waals surface area contributed by atoms with Crippen molar-refractivity contribution in [3.05, 3.63) is 82.9 Å². The summed E-state index contributed by atoms with van der Waals surface area (Å²) in [6.45, 7) is 2.49. The van der Waals surface area contributed by atoms with Gasteiger partial charge in [0.05, 0.1) is 11.6 Å². The number of halogens is 3. The lowest BCUT2D eigenvalue weighted by Gasteiger charge is -2.19. The molecule has 1 heterocycles. The van der Waals surface area contributed by atoms with Gasteiger partial charge in [0.1, 0.15) is 12.2 Å². The van der Waals surface area contributed by atoms with Gasteiger partial charge in [-0.3, -0.25) is 10.4 Å². The van der Waals surface area contributed by atoms with E-state index in [9.17, 15) is 13.2 Å². The third-order valence-electron chi connectivity index (χ3n) is 4.01. The van der Waals surface area contributed by atoms with E-state index in [4.69, 9.17) is 0 Å². The van der Waals surface area contributed by atoms with Crippen LogP contribution in [0.1, 0.15) is 34.1 Å². The SMILES string of the molecule is Cc1ccccc1CNC(c1cccc(C(F)(F)F)c1)c1ncn[nH]1. The molecule has 3 rings (SSSR count). The summed E-state index contributed by atoms with van der Waals surface area (Å²) in [7, 11) is 0. The van der Waals surface area contributed by atoms with Crippen LogP contribution in [0.25, 0.3) is 0 Å². The smallest absolute Gasteiger partial charge is 0.300 e. The van der Waals surface area contributed by atoms with Gasteiger partial charge < -0.3 is 0 Å². The molecule has 0 saturated heterocycles. The molecule has 0 amide bonds. The van der Waals surface area contributed by atoms with E-state index in [1.54, 1.807) is 6.07 Å². The fraction of sp³-hybridized carbons (Fsp3) is 0.222. The Balaban J connectivity index is 1.90. The van der Waals surface area contributed by atoms with Crippen molar-refractivity contribution in [2.75, 3.05) is 0 Å². The highest BCUT2D eigenvalue weighted by Crippen LogP contribution is 2.31. The van der Waals surface area contributed by atoms with Crippen LogP contribution in [0.2, 0.25) is 0 Å². The van der Waals surface area contributed by atoms with Gasteiger partial charge in [-0.25, -0.2) is 4.98 Å². The number of aryl methyl sites for hydroxylation is 1. The topological polar surface area (TPSA) is 53.6 Å². The van der Waals surface area contributed by atoms with Crippen LogP contribution in [0.3, 0.4) is 0 Å². The Bertz CT molecular complexity index is 828. The highest BCUT2D eigenvalue weighted by atomic mass is 19.4. The van der Waals surface area contributed by atoms with Gasteiger partial charge in [0.2, 0.25) is 0 Å². The molecule has 3 aromatic rings. The Morgan fingerprint density at radius 2 is 1.92 bits per heavy atom. The van der Waals surface area contributed by atoms with Crippen LogP contribution in [-0.4, -0.2) is 15.2 Å². The molecule has 2 aromatic carbocycles. The molecule has 25 heavy (non-hydrogen) atoms. The van der Waals surface area contributed by atoms with Crippen LogP contribution in [-0.2, 0) is 12.7 Å². The molecule has 1 atom stereocenters. The number of rotatable bonds is 5. The molecule has 1 aromatic heterocycles. The first-order chi connectivity index (χ1) is 11.9. The van der Waals surface area contributed by atoms with Gasteiger partial charge >= 0.3 is 6.18 Å². The zero-order valence-electron chi connectivity index (χ0n) is 13.5. The molecule has 1 unspecified atom stereocenters. The number of benzene rings is 2. The normalized spacial score (nSPS) is 13.0. The molecule has 2 N–H and O–H groups in total. The molecule has 4 nitrogen and oxygen atoms in total. The number of aromatic nitrogens is 3. The van der Waals surface area contributed by atoms with Crippen molar-refractivity contribution in [3.63, 3.8) is 0 Å². The molecule has 0 radical (unpaired) electrons. The van der Waals surface area contributed by atoms with Crippen LogP contribution >= 0.6 is 0 Å². The summed E-state index contributed by atoms with van der Waals surface area (Å²) in [6, 6.07) is 12.6. The van der Waals surface area contributed by atoms with E-state index >= 15 is 0 Å². The molecule has 130 valence electrons. The summed E-state index contributed by atoms with van der Waals surface area (Å²) in [5.41, 5.74) is 1.96. The first kappa shape index (κ1) is 17.2. The average molecular weight is 346 g/mol. The number of hydrogen-bond acceptors (Lipinski definition) is 3. The van der Waals surface area contributed by atoms with E-state index in [-0.39, 0.29) is 0 Å². The predicted octanol–water partition coefficient (Wildman–Crippen LogP) is 4.01. The molecular formula is C18H17F3N4. The van der Waals surface area contributed by atoms with Crippen LogP contribution < -0.4 is 5.32 Å². The van der Waals surface area contributed by atoms with E-state index in [2.05, 4.69) is 20.5 Å². The quantitative estimate of drug-likeness (QED) is 0.734. The lowest BCUT2D eigenvalue weighted by molar-refractivity contribution is -0.137. The van der Waals surface area contributed by atoms with Crippen molar-refractivity contribution in [3.8, 4) is 0 Å². The fourth-order valence-corrected chi connectivity index (χ4v) is 2.64. The van der Waals surface area contributed by atoms with Crippen molar-refractivity contribution in [1.29, 1.82) is 0 Å². The summed E-state index contributed by atoms with van der Waals surface area (Å²) in [6.07, 6.45) is -3.05. The first-order valence-corrected chi connectivity index (χ1v) is 7.75. The lowest BCUT2D eigenvalue weighted by atomic mass is 10.0. The van der Waals surface area contributed by atoms with Gasteiger partial charge in [0.15, 0.2) is 0 Å². The van der Waals surface area contributed by atoms with Crippen molar-refractivity contribution >= 4 is 0 Å². The second kappa shape index (κ2) is 7.06. The molecular weight excluding hydrogens is 329 g/mol. The fourth-order valence-electron chi connectivity index (χ4n) is 2.64. The maximum atomic E-state index is 13.0. The van der Waals surface area contributed by atoms with Gasteiger partial charge in [-0.1, -0.05) is 36.4 Å². The largest absolute Gasteiger partial charge is 0.416 e. The number of alkyl halides is 3. The molecule has 0 aliphatic heterocycles. The number of nitrogens with one attached hydrogen (secondary N) is 2.